The second kappa shape index (κ2) is 6.24. The number of allylic oxidation sites excluding steroid dienone is 2. The van der Waals surface area contributed by atoms with Gasteiger partial charge in [-0.15, -0.1) is 0 Å². The van der Waals surface area contributed by atoms with E-state index in [-0.39, 0.29) is 5.91 Å². The molecule has 0 spiro atoms. The molecule has 1 aliphatic heterocycles. The van der Waals surface area contributed by atoms with Gasteiger partial charge in [-0.2, -0.15) is 0 Å². The standard InChI is InChI=1S/C25H23N3O/c1-15-4-7-23-19(9-15)20(11-24(27-23)18-3-2-8-26-12-18)25(29)28-13-21-16-5-6-17(10-16)22(21)14-28/h2-9,11-12,16-17,21-22H,10,13-14H2,1H3/t16?,17?,21-,22+. The number of fused-ring (bicyclic) bond motifs is 6. The molecular formula is C25H23N3O. The maximum Gasteiger partial charge on any atom is 0.254 e. The highest BCUT2D eigenvalue weighted by atomic mass is 16.2. The summed E-state index contributed by atoms with van der Waals surface area (Å²) in [6.45, 7) is 3.83. The molecule has 6 rings (SSSR count). The van der Waals surface area contributed by atoms with E-state index in [1.165, 1.54) is 6.42 Å². The van der Waals surface area contributed by atoms with Gasteiger partial charge in [0.2, 0.25) is 0 Å². The number of pyridine rings is 2. The number of aryl methyl sites for hydroxylation is 1. The van der Waals surface area contributed by atoms with E-state index in [4.69, 9.17) is 4.98 Å². The number of aromatic nitrogens is 2. The van der Waals surface area contributed by atoms with Crippen LogP contribution in [-0.4, -0.2) is 33.9 Å². The van der Waals surface area contributed by atoms with E-state index in [0.29, 0.717) is 23.7 Å². The molecule has 0 N–H and O–H groups in total. The summed E-state index contributed by atoms with van der Waals surface area (Å²) in [4.78, 5) is 24.8. The summed E-state index contributed by atoms with van der Waals surface area (Å²) in [6.07, 6.45) is 9.61. The Morgan fingerprint density at radius 3 is 2.59 bits per heavy atom. The molecule has 1 amide bonds. The van der Waals surface area contributed by atoms with Crippen LogP contribution < -0.4 is 0 Å². The van der Waals surface area contributed by atoms with Gasteiger partial charge in [0.25, 0.3) is 5.91 Å². The average molecular weight is 381 g/mol. The topological polar surface area (TPSA) is 46.1 Å². The van der Waals surface area contributed by atoms with E-state index < -0.39 is 0 Å². The number of nitrogens with zero attached hydrogens (tertiary/aromatic N) is 3. The van der Waals surface area contributed by atoms with Crippen molar-refractivity contribution < 1.29 is 4.79 Å². The summed E-state index contributed by atoms with van der Waals surface area (Å²) >= 11 is 0. The lowest BCUT2D eigenvalue weighted by molar-refractivity contribution is 0.0779. The molecule has 0 radical (unpaired) electrons. The summed E-state index contributed by atoms with van der Waals surface area (Å²) in [6, 6.07) is 12.0. The van der Waals surface area contributed by atoms with E-state index in [2.05, 4.69) is 41.1 Å². The van der Waals surface area contributed by atoms with Gasteiger partial charge in [0.05, 0.1) is 16.8 Å². The number of likely N-dealkylation sites (tertiary alicyclic amines) is 1. The Bertz CT molecular complexity index is 1130. The van der Waals surface area contributed by atoms with Gasteiger partial charge in [0, 0.05) is 36.4 Å². The van der Waals surface area contributed by atoms with Crippen molar-refractivity contribution in [2.24, 2.45) is 23.7 Å². The zero-order valence-electron chi connectivity index (χ0n) is 16.5. The number of carbonyl (C=O) groups is 1. The fourth-order valence-electron chi connectivity index (χ4n) is 5.67. The molecule has 4 heteroatoms. The Balaban J connectivity index is 1.43. The van der Waals surface area contributed by atoms with Gasteiger partial charge in [-0.3, -0.25) is 9.78 Å². The first-order valence-electron chi connectivity index (χ1n) is 10.5. The van der Waals surface area contributed by atoms with Gasteiger partial charge in [-0.05, 0) is 67.3 Å². The third kappa shape index (κ3) is 2.62. The normalized spacial score (nSPS) is 27.0. The summed E-state index contributed by atoms with van der Waals surface area (Å²) in [7, 11) is 0. The van der Waals surface area contributed by atoms with Crippen LogP contribution in [0.25, 0.3) is 22.2 Å². The maximum atomic E-state index is 13.7. The van der Waals surface area contributed by atoms with Crippen molar-refractivity contribution in [3.63, 3.8) is 0 Å². The lowest BCUT2D eigenvalue weighted by Gasteiger charge is -2.20. The van der Waals surface area contributed by atoms with Crippen molar-refractivity contribution in [3.8, 4) is 11.3 Å². The summed E-state index contributed by atoms with van der Waals surface area (Å²) in [5.41, 5.74) is 4.51. The Kier molecular flexibility index (Phi) is 3.64. The smallest absolute Gasteiger partial charge is 0.254 e. The minimum Gasteiger partial charge on any atom is -0.338 e. The van der Waals surface area contributed by atoms with Crippen molar-refractivity contribution in [1.29, 1.82) is 0 Å². The van der Waals surface area contributed by atoms with E-state index in [1.54, 1.807) is 12.4 Å². The molecule has 3 aliphatic rings. The average Bonchev–Trinajstić information content (AvgIpc) is 3.46. The van der Waals surface area contributed by atoms with Crippen LogP contribution >= 0.6 is 0 Å². The minimum atomic E-state index is 0.141. The van der Waals surface area contributed by atoms with Crippen LogP contribution in [0.2, 0.25) is 0 Å². The van der Waals surface area contributed by atoms with Crippen molar-refractivity contribution in [3.05, 3.63) is 72.1 Å². The SMILES string of the molecule is Cc1ccc2nc(-c3cccnc3)cc(C(=O)N3C[C@@H]4C5C=CC(C5)[C@@H]4C3)c2c1. The van der Waals surface area contributed by atoms with Gasteiger partial charge in [0.1, 0.15) is 0 Å². The van der Waals surface area contributed by atoms with Gasteiger partial charge in [-0.25, -0.2) is 4.98 Å². The van der Waals surface area contributed by atoms with Crippen molar-refractivity contribution >= 4 is 16.8 Å². The molecule has 2 bridgehead atoms. The molecule has 2 aliphatic carbocycles. The number of carbonyl (C=O) groups excluding carboxylic acids is 1. The van der Waals surface area contributed by atoms with Crippen LogP contribution in [-0.2, 0) is 0 Å². The van der Waals surface area contributed by atoms with Gasteiger partial charge < -0.3 is 4.90 Å². The van der Waals surface area contributed by atoms with E-state index >= 15 is 0 Å². The maximum absolute atomic E-state index is 13.7. The van der Waals surface area contributed by atoms with Crippen LogP contribution in [0.4, 0.5) is 0 Å². The zero-order chi connectivity index (χ0) is 19.5. The van der Waals surface area contributed by atoms with Gasteiger partial charge >= 0.3 is 0 Å². The van der Waals surface area contributed by atoms with Crippen LogP contribution in [0.5, 0.6) is 0 Å². The van der Waals surface area contributed by atoms with Crippen LogP contribution in [0.3, 0.4) is 0 Å². The molecule has 3 aromatic rings. The second-order valence-corrected chi connectivity index (χ2v) is 8.80. The van der Waals surface area contributed by atoms with E-state index in [1.807, 2.05) is 24.3 Å². The molecule has 1 saturated heterocycles. The number of hydrogen-bond donors (Lipinski definition) is 0. The molecule has 3 heterocycles. The molecule has 29 heavy (non-hydrogen) atoms. The first-order chi connectivity index (χ1) is 14.2. The fourth-order valence-corrected chi connectivity index (χ4v) is 5.67. The molecule has 1 saturated carbocycles. The summed E-state index contributed by atoms with van der Waals surface area (Å²) < 4.78 is 0. The van der Waals surface area contributed by atoms with Crippen molar-refractivity contribution in [2.75, 3.05) is 13.1 Å². The van der Waals surface area contributed by atoms with Gasteiger partial charge in [-0.1, -0.05) is 23.8 Å². The molecule has 2 unspecified atom stereocenters. The zero-order valence-corrected chi connectivity index (χ0v) is 16.5. The Morgan fingerprint density at radius 2 is 1.86 bits per heavy atom. The predicted octanol–water partition coefficient (Wildman–Crippen LogP) is 4.50. The van der Waals surface area contributed by atoms with Crippen LogP contribution in [0, 0.1) is 30.6 Å². The molecule has 144 valence electrons. The Hall–Kier alpha value is -3.01. The third-order valence-electron chi connectivity index (χ3n) is 7.10. The van der Waals surface area contributed by atoms with Crippen molar-refractivity contribution in [2.45, 2.75) is 13.3 Å². The second-order valence-electron chi connectivity index (χ2n) is 8.80. The monoisotopic (exact) mass is 381 g/mol. The molecule has 4 nitrogen and oxygen atoms in total. The number of benzene rings is 1. The molecular weight excluding hydrogens is 358 g/mol. The van der Waals surface area contributed by atoms with Crippen molar-refractivity contribution in [1.82, 2.24) is 14.9 Å². The quantitative estimate of drug-likeness (QED) is 0.614. The highest BCUT2D eigenvalue weighted by Crippen LogP contribution is 2.51. The fraction of sp³-hybridized carbons (Fsp3) is 0.320. The minimum absolute atomic E-state index is 0.141. The van der Waals surface area contributed by atoms with E-state index in [0.717, 1.165) is 46.4 Å². The number of hydrogen-bond acceptors (Lipinski definition) is 3. The Labute approximate surface area is 170 Å². The van der Waals surface area contributed by atoms with E-state index in [9.17, 15) is 4.79 Å². The lowest BCUT2D eigenvalue weighted by Crippen LogP contribution is -2.30. The van der Waals surface area contributed by atoms with Crippen LogP contribution in [0.15, 0.2) is 60.9 Å². The molecule has 4 atom stereocenters. The highest BCUT2D eigenvalue weighted by molar-refractivity contribution is 6.07. The highest BCUT2D eigenvalue weighted by Gasteiger charge is 2.50. The first kappa shape index (κ1) is 16.9. The summed E-state index contributed by atoms with van der Waals surface area (Å²) in [5.74, 6) is 2.76. The first-order valence-corrected chi connectivity index (χ1v) is 10.5. The molecule has 2 aromatic heterocycles. The number of amides is 1. The summed E-state index contributed by atoms with van der Waals surface area (Å²) in [5, 5.41) is 0.945. The largest absolute Gasteiger partial charge is 0.338 e. The predicted molar refractivity (Wildman–Crippen MR) is 113 cm³/mol. The third-order valence-corrected chi connectivity index (χ3v) is 7.10. The number of rotatable bonds is 2. The molecule has 2 fully saturated rings. The van der Waals surface area contributed by atoms with Gasteiger partial charge in [0.15, 0.2) is 0 Å². The molecule has 1 aromatic carbocycles. The Morgan fingerprint density at radius 1 is 1.07 bits per heavy atom. The van der Waals surface area contributed by atoms with Crippen LogP contribution in [0.1, 0.15) is 22.3 Å². The lowest BCUT2D eigenvalue weighted by atomic mass is 9.86.